The molecule has 0 aliphatic rings. The van der Waals surface area contributed by atoms with Crippen molar-refractivity contribution in [2.75, 3.05) is 13.2 Å². The SMILES string of the molecule is CC(C)COCCc1ccsc1. The molecule has 0 amide bonds. The topological polar surface area (TPSA) is 9.23 Å². The van der Waals surface area contributed by atoms with E-state index < -0.39 is 0 Å². The number of ether oxygens (including phenoxy) is 1. The van der Waals surface area contributed by atoms with Gasteiger partial charge in [0.25, 0.3) is 0 Å². The van der Waals surface area contributed by atoms with Crippen LogP contribution in [0.1, 0.15) is 19.4 Å². The fourth-order valence-electron chi connectivity index (χ4n) is 0.944. The lowest BCUT2D eigenvalue weighted by molar-refractivity contribution is 0.112. The van der Waals surface area contributed by atoms with Gasteiger partial charge in [0.05, 0.1) is 6.61 Å². The first kappa shape index (κ1) is 9.75. The Labute approximate surface area is 78.4 Å². The molecule has 0 aromatic carbocycles. The van der Waals surface area contributed by atoms with Crippen molar-refractivity contribution in [2.24, 2.45) is 5.92 Å². The summed E-state index contributed by atoms with van der Waals surface area (Å²) in [5, 5.41) is 4.29. The quantitative estimate of drug-likeness (QED) is 0.639. The van der Waals surface area contributed by atoms with Crippen molar-refractivity contribution in [3.63, 3.8) is 0 Å². The van der Waals surface area contributed by atoms with Crippen LogP contribution in [0.3, 0.4) is 0 Å². The minimum atomic E-state index is 0.646. The molecule has 0 aliphatic heterocycles. The molecule has 0 bridgehead atoms. The maximum absolute atomic E-state index is 5.47. The summed E-state index contributed by atoms with van der Waals surface area (Å²) in [5.74, 6) is 0.646. The Kier molecular flexibility index (Phi) is 4.33. The zero-order chi connectivity index (χ0) is 8.81. The molecule has 12 heavy (non-hydrogen) atoms. The summed E-state index contributed by atoms with van der Waals surface area (Å²) < 4.78 is 5.47. The number of thiophene rings is 1. The van der Waals surface area contributed by atoms with E-state index >= 15 is 0 Å². The fraction of sp³-hybridized carbons (Fsp3) is 0.600. The van der Waals surface area contributed by atoms with Gasteiger partial charge in [0.15, 0.2) is 0 Å². The molecule has 0 fully saturated rings. The van der Waals surface area contributed by atoms with Gasteiger partial charge in [0.1, 0.15) is 0 Å². The van der Waals surface area contributed by atoms with Crippen LogP contribution in [-0.2, 0) is 11.2 Å². The molecule has 0 spiro atoms. The Hall–Kier alpha value is -0.340. The summed E-state index contributed by atoms with van der Waals surface area (Å²) in [4.78, 5) is 0. The average molecular weight is 184 g/mol. The first-order valence-corrected chi connectivity index (χ1v) is 5.32. The number of hydrogen-bond donors (Lipinski definition) is 0. The zero-order valence-electron chi connectivity index (χ0n) is 7.75. The molecular formula is C10H16OS. The van der Waals surface area contributed by atoms with E-state index in [0.29, 0.717) is 5.92 Å². The summed E-state index contributed by atoms with van der Waals surface area (Å²) in [6.07, 6.45) is 1.05. The highest BCUT2D eigenvalue weighted by Crippen LogP contribution is 2.06. The Morgan fingerprint density at radius 3 is 2.92 bits per heavy atom. The van der Waals surface area contributed by atoms with Crippen LogP contribution in [0.2, 0.25) is 0 Å². The molecule has 0 atom stereocenters. The van der Waals surface area contributed by atoms with E-state index in [0.717, 1.165) is 19.6 Å². The highest BCUT2D eigenvalue weighted by atomic mass is 32.1. The van der Waals surface area contributed by atoms with E-state index in [1.54, 1.807) is 11.3 Å². The van der Waals surface area contributed by atoms with Gasteiger partial charge in [-0.1, -0.05) is 13.8 Å². The molecule has 1 heterocycles. The van der Waals surface area contributed by atoms with Crippen LogP contribution in [0.25, 0.3) is 0 Å². The van der Waals surface area contributed by atoms with E-state index in [9.17, 15) is 0 Å². The maximum atomic E-state index is 5.47. The van der Waals surface area contributed by atoms with Gasteiger partial charge in [0.2, 0.25) is 0 Å². The average Bonchev–Trinajstić information content (AvgIpc) is 2.49. The highest BCUT2D eigenvalue weighted by Gasteiger charge is 1.95. The maximum Gasteiger partial charge on any atom is 0.0506 e. The minimum Gasteiger partial charge on any atom is -0.381 e. The van der Waals surface area contributed by atoms with Crippen LogP contribution in [0.4, 0.5) is 0 Å². The predicted octanol–water partition coefficient (Wildman–Crippen LogP) is 2.96. The van der Waals surface area contributed by atoms with Crippen molar-refractivity contribution in [3.05, 3.63) is 22.4 Å². The molecule has 2 heteroatoms. The van der Waals surface area contributed by atoms with Gasteiger partial charge in [0, 0.05) is 6.61 Å². The number of rotatable bonds is 5. The Morgan fingerprint density at radius 1 is 1.50 bits per heavy atom. The van der Waals surface area contributed by atoms with Crippen LogP contribution >= 0.6 is 11.3 Å². The lowest BCUT2D eigenvalue weighted by Crippen LogP contribution is -2.04. The second-order valence-corrected chi connectivity index (χ2v) is 4.13. The monoisotopic (exact) mass is 184 g/mol. The van der Waals surface area contributed by atoms with Gasteiger partial charge in [-0.15, -0.1) is 0 Å². The van der Waals surface area contributed by atoms with Crippen LogP contribution < -0.4 is 0 Å². The van der Waals surface area contributed by atoms with Crippen molar-refractivity contribution in [2.45, 2.75) is 20.3 Å². The molecule has 0 saturated heterocycles. The van der Waals surface area contributed by atoms with Crippen molar-refractivity contribution in [3.8, 4) is 0 Å². The third-order valence-electron chi connectivity index (χ3n) is 1.57. The van der Waals surface area contributed by atoms with Crippen LogP contribution in [0.15, 0.2) is 16.8 Å². The van der Waals surface area contributed by atoms with Crippen molar-refractivity contribution in [1.82, 2.24) is 0 Å². The second kappa shape index (κ2) is 5.33. The van der Waals surface area contributed by atoms with Crippen molar-refractivity contribution >= 4 is 11.3 Å². The molecule has 0 unspecified atom stereocenters. The summed E-state index contributed by atoms with van der Waals surface area (Å²) in [7, 11) is 0. The fourth-order valence-corrected chi connectivity index (χ4v) is 1.65. The Morgan fingerprint density at radius 2 is 2.33 bits per heavy atom. The Balaban J connectivity index is 2.04. The van der Waals surface area contributed by atoms with Crippen LogP contribution in [0.5, 0.6) is 0 Å². The smallest absolute Gasteiger partial charge is 0.0506 e. The van der Waals surface area contributed by atoms with Gasteiger partial charge in [-0.3, -0.25) is 0 Å². The van der Waals surface area contributed by atoms with E-state index in [2.05, 4.69) is 30.7 Å². The minimum absolute atomic E-state index is 0.646. The first-order valence-electron chi connectivity index (χ1n) is 4.38. The highest BCUT2D eigenvalue weighted by molar-refractivity contribution is 7.07. The molecular weight excluding hydrogens is 168 g/mol. The summed E-state index contributed by atoms with van der Waals surface area (Å²) in [5.41, 5.74) is 1.39. The third-order valence-corrected chi connectivity index (χ3v) is 2.30. The molecule has 1 rings (SSSR count). The Bertz CT molecular complexity index is 192. The number of hydrogen-bond acceptors (Lipinski definition) is 2. The van der Waals surface area contributed by atoms with Crippen LogP contribution in [0, 0.1) is 5.92 Å². The molecule has 1 aromatic rings. The molecule has 0 N–H and O–H groups in total. The van der Waals surface area contributed by atoms with Gasteiger partial charge in [-0.05, 0) is 34.7 Å². The molecule has 0 radical (unpaired) electrons. The summed E-state index contributed by atoms with van der Waals surface area (Å²) in [6.45, 7) is 6.08. The lowest BCUT2D eigenvalue weighted by Gasteiger charge is -2.05. The molecule has 1 aromatic heterocycles. The van der Waals surface area contributed by atoms with E-state index in [1.807, 2.05) is 0 Å². The summed E-state index contributed by atoms with van der Waals surface area (Å²) in [6, 6.07) is 2.16. The molecule has 1 nitrogen and oxygen atoms in total. The van der Waals surface area contributed by atoms with E-state index in [1.165, 1.54) is 5.56 Å². The van der Waals surface area contributed by atoms with Crippen molar-refractivity contribution in [1.29, 1.82) is 0 Å². The second-order valence-electron chi connectivity index (χ2n) is 3.35. The molecule has 0 aliphatic carbocycles. The lowest BCUT2D eigenvalue weighted by atomic mass is 10.2. The third kappa shape index (κ3) is 3.88. The van der Waals surface area contributed by atoms with Gasteiger partial charge >= 0.3 is 0 Å². The van der Waals surface area contributed by atoms with Crippen LogP contribution in [-0.4, -0.2) is 13.2 Å². The van der Waals surface area contributed by atoms with E-state index in [-0.39, 0.29) is 0 Å². The van der Waals surface area contributed by atoms with Gasteiger partial charge in [-0.25, -0.2) is 0 Å². The zero-order valence-corrected chi connectivity index (χ0v) is 8.56. The molecule has 0 saturated carbocycles. The first-order chi connectivity index (χ1) is 5.79. The normalized spacial score (nSPS) is 10.9. The largest absolute Gasteiger partial charge is 0.381 e. The summed E-state index contributed by atoms with van der Waals surface area (Å²) >= 11 is 1.75. The van der Waals surface area contributed by atoms with Gasteiger partial charge in [-0.2, -0.15) is 11.3 Å². The van der Waals surface area contributed by atoms with E-state index in [4.69, 9.17) is 4.74 Å². The van der Waals surface area contributed by atoms with Crippen molar-refractivity contribution < 1.29 is 4.74 Å². The predicted molar refractivity (Wildman–Crippen MR) is 53.7 cm³/mol. The standard InChI is InChI=1S/C10H16OS/c1-9(2)7-11-5-3-10-4-6-12-8-10/h4,6,8-9H,3,5,7H2,1-2H3. The molecule has 68 valence electrons. The van der Waals surface area contributed by atoms with Gasteiger partial charge < -0.3 is 4.74 Å².